The Hall–Kier alpha value is -2.61. The van der Waals surface area contributed by atoms with Crippen LogP contribution in [0.4, 0.5) is 0 Å². The van der Waals surface area contributed by atoms with E-state index >= 15 is 0 Å². The van der Waals surface area contributed by atoms with Crippen molar-refractivity contribution in [3.63, 3.8) is 0 Å². The fourth-order valence-electron chi connectivity index (χ4n) is 2.08. The lowest BCUT2D eigenvalue weighted by Crippen LogP contribution is -2.17. The second-order valence-corrected chi connectivity index (χ2v) is 5.59. The molecule has 1 aromatic carbocycles. The smallest absolute Gasteiger partial charge is 0.356 e. The van der Waals surface area contributed by atoms with E-state index in [0.29, 0.717) is 17.9 Å². The van der Waals surface area contributed by atoms with Gasteiger partial charge in [0.15, 0.2) is 0 Å². The van der Waals surface area contributed by atoms with Gasteiger partial charge in [0.05, 0.1) is 36.8 Å². The molecule has 0 aliphatic carbocycles. The molecule has 1 atom stereocenters. The van der Waals surface area contributed by atoms with Gasteiger partial charge in [-0.3, -0.25) is 0 Å². The van der Waals surface area contributed by atoms with Crippen molar-refractivity contribution >= 4 is 5.97 Å². The Morgan fingerprint density at radius 3 is 2.59 bits per heavy atom. The molecule has 0 aliphatic heterocycles. The number of rotatable bonds is 5. The highest BCUT2D eigenvalue weighted by Gasteiger charge is 2.18. The van der Waals surface area contributed by atoms with Crippen LogP contribution in [-0.2, 0) is 4.74 Å². The second kappa shape index (κ2) is 6.90. The number of carbonyl (C=O) groups is 1. The molecule has 0 spiro atoms. The van der Waals surface area contributed by atoms with Crippen molar-refractivity contribution in [2.45, 2.75) is 26.8 Å². The Labute approximate surface area is 130 Å². The molecule has 2 aromatic rings. The Balaban J connectivity index is 2.20. The van der Waals surface area contributed by atoms with Crippen molar-refractivity contribution in [3.8, 4) is 6.07 Å². The molecule has 114 valence electrons. The zero-order chi connectivity index (χ0) is 16.1. The van der Waals surface area contributed by atoms with Gasteiger partial charge in [-0.25, -0.2) is 9.78 Å². The topological polar surface area (TPSA) is 67.9 Å². The molecule has 0 aliphatic rings. The third-order valence-electron chi connectivity index (χ3n) is 3.36. The molecule has 22 heavy (non-hydrogen) atoms. The summed E-state index contributed by atoms with van der Waals surface area (Å²) in [5.74, 6) is -0.0806. The maximum atomic E-state index is 12.1. The van der Waals surface area contributed by atoms with E-state index in [9.17, 15) is 4.79 Å². The number of imidazole rings is 1. The summed E-state index contributed by atoms with van der Waals surface area (Å²) < 4.78 is 7.05. The molecule has 0 saturated carbocycles. The van der Waals surface area contributed by atoms with Gasteiger partial charge in [0, 0.05) is 0 Å². The fourth-order valence-corrected chi connectivity index (χ4v) is 2.08. The van der Waals surface area contributed by atoms with Crippen molar-refractivity contribution in [2.24, 2.45) is 5.92 Å². The number of hydrogen-bond acceptors (Lipinski definition) is 4. The van der Waals surface area contributed by atoms with E-state index in [1.54, 1.807) is 23.0 Å². The van der Waals surface area contributed by atoms with Crippen LogP contribution >= 0.6 is 0 Å². The molecular formula is C17H19N3O2. The van der Waals surface area contributed by atoms with E-state index in [1.807, 2.05) is 32.9 Å². The van der Waals surface area contributed by atoms with Crippen LogP contribution in [-0.4, -0.2) is 22.1 Å². The number of hydrogen-bond donors (Lipinski definition) is 0. The van der Waals surface area contributed by atoms with Crippen LogP contribution < -0.4 is 0 Å². The highest BCUT2D eigenvalue weighted by atomic mass is 16.5. The van der Waals surface area contributed by atoms with Crippen LogP contribution in [0.1, 0.15) is 48.4 Å². The highest BCUT2D eigenvalue weighted by molar-refractivity contribution is 5.87. The molecule has 5 nitrogen and oxygen atoms in total. The first kappa shape index (κ1) is 15.8. The van der Waals surface area contributed by atoms with Crippen LogP contribution in [0.25, 0.3) is 0 Å². The van der Waals surface area contributed by atoms with E-state index in [-0.39, 0.29) is 17.9 Å². The average molecular weight is 297 g/mol. The predicted octanol–water partition coefficient (Wildman–Crippen LogP) is 3.18. The van der Waals surface area contributed by atoms with Gasteiger partial charge in [0.25, 0.3) is 0 Å². The third kappa shape index (κ3) is 3.53. The summed E-state index contributed by atoms with van der Waals surface area (Å²) >= 11 is 0. The van der Waals surface area contributed by atoms with Crippen LogP contribution in [0, 0.1) is 17.2 Å². The molecule has 0 saturated heterocycles. The largest absolute Gasteiger partial charge is 0.461 e. The monoisotopic (exact) mass is 297 g/mol. The van der Waals surface area contributed by atoms with E-state index in [0.717, 1.165) is 5.56 Å². The molecule has 5 heteroatoms. The molecule has 0 fully saturated rings. The first-order chi connectivity index (χ1) is 10.5. The van der Waals surface area contributed by atoms with Crippen LogP contribution in [0.5, 0.6) is 0 Å². The molecule has 2 rings (SSSR count). The lowest BCUT2D eigenvalue weighted by molar-refractivity contribution is 0.0445. The highest BCUT2D eigenvalue weighted by Crippen LogP contribution is 2.20. The quantitative estimate of drug-likeness (QED) is 0.795. The maximum absolute atomic E-state index is 12.1. The number of esters is 1. The minimum Gasteiger partial charge on any atom is -0.461 e. The first-order valence-electron chi connectivity index (χ1n) is 7.22. The summed E-state index contributed by atoms with van der Waals surface area (Å²) in [4.78, 5) is 16.2. The fraction of sp³-hybridized carbons (Fsp3) is 0.353. The maximum Gasteiger partial charge on any atom is 0.356 e. The van der Waals surface area contributed by atoms with Gasteiger partial charge in [-0.05, 0) is 30.5 Å². The summed E-state index contributed by atoms with van der Waals surface area (Å²) in [6.45, 7) is 6.34. The van der Waals surface area contributed by atoms with Gasteiger partial charge < -0.3 is 9.30 Å². The first-order valence-corrected chi connectivity index (χ1v) is 7.22. The molecule has 1 heterocycles. The minimum absolute atomic E-state index is 0.0724. The van der Waals surface area contributed by atoms with E-state index in [2.05, 4.69) is 11.1 Å². The summed E-state index contributed by atoms with van der Waals surface area (Å²) in [5, 5.41) is 8.85. The summed E-state index contributed by atoms with van der Waals surface area (Å²) in [6.07, 6.45) is 3.14. The van der Waals surface area contributed by atoms with Gasteiger partial charge in [-0.2, -0.15) is 5.26 Å². The molecule has 0 N–H and O–H groups in total. The second-order valence-electron chi connectivity index (χ2n) is 5.59. The molecule has 0 radical (unpaired) electrons. The molecule has 0 amide bonds. The van der Waals surface area contributed by atoms with Crippen LogP contribution in [0.15, 0.2) is 36.8 Å². The van der Waals surface area contributed by atoms with Crippen molar-refractivity contribution < 1.29 is 9.53 Å². The SMILES string of the molecule is CC(C)COC(=O)c1cncn1[C@H](C)c1ccc(C#N)cc1. The number of nitriles is 1. The van der Waals surface area contributed by atoms with Crippen LogP contribution in [0.3, 0.4) is 0 Å². The van der Waals surface area contributed by atoms with Crippen molar-refractivity contribution in [1.29, 1.82) is 5.26 Å². The number of ether oxygens (including phenoxy) is 1. The number of nitrogens with zero attached hydrogens (tertiary/aromatic N) is 3. The van der Waals surface area contributed by atoms with E-state index in [1.165, 1.54) is 6.20 Å². The average Bonchev–Trinajstić information content (AvgIpc) is 3.01. The van der Waals surface area contributed by atoms with E-state index in [4.69, 9.17) is 10.00 Å². The van der Waals surface area contributed by atoms with Crippen molar-refractivity contribution in [2.75, 3.05) is 6.61 Å². The van der Waals surface area contributed by atoms with E-state index < -0.39 is 0 Å². The van der Waals surface area contributed by atoms with Gasteiger partial charge in [0.2, 0.25) is 0 Å². The lowest BCUT2D eigenvalue weighted by Gasteiger charge is -2.17. The Morgan fingerprint density at radius 1 is 1.32 bits per heavy atom. The number of aromatic nitrogens is 2. The normalized spacial score (nSPS) is 12.0. The predicted molar refractivity (Wildman–Crippen MR) is 82.3 cm³/mol. The molecule has 1 aromatic heterocycles. The van der Waals surface area contributed by atoms with Crippen LogP contribution in [0.2, 0.25) is 0 Å². The third-order valence-corrected chi connectivity index (χ3v) is 3.36. The Bertz CT molecular complexity index is 681. The number of benzene rings is 1. The van der Waals surface area contributed by atoms with Gasteiger partial charge >= 0.3 is 5.97 Å². The standard InChI is InChI=1S/C17H19N3O2/c1-12(2)10-22-17(21)16-9-19-11-20(16)13(3)15-6-4-14(8-18)5-7-15/h4-7,9,11-13H,10H2,1-3H3/t13-/m1/s1. The summed E-state index contributed by atoms with van der Waals surface area (Å²) in [6, 6.07) is 9.31. The summed E-state index contributed by atoms with van der Waals surface area (Å²) in [7, 11) is 0. The van der Waals surface area contributed by atoms with Crippen molar-refractivity contribution in [1.82, 2.24) is 9.55 Å². The molecular weight excluding hydrogens is 278 g/mol. The van der Waals surface area contributed by atoms with Gasteiger partial charge in [0.1, 0.15) is 5.69 Å². The zero-order valence-corrected chi connectivity index (χ0v) is 13.0. The Morgan fingerprint density at radius 2 is 2.00 bits per heavy atom. The summed E-state index contributed by atoms with van der Waals surface area (Å²) in [5.41, 5.74) is 2.03. The molecule has 0 bridgehead atoms. The van der Waals surface area contributed by atoms with Gasteiger partial charge in [-0.15, -0.1) is 0 Å². The lowest BCUT2D eigenvalue weighted by atomic mass is 10.1. The molecule has 0 unspecified atom stereocenters. The van der Waals surface area contributed by atoms with Crippen molar-refractivity contribution in [3.05, 3.63) is 53.6 Å². The number of carbonyl (C=O) groups excluding carboxylic acids is 1. The Kier molecular flexibility index (Phi) is 4.95. The van der Waals surface area contributed by atoms with Gasteiger partial charge in [-0.1, -0.05) is 26.0 Å². The zero-order valence-electron chi connectivity index (χ0n) is 13.0. The minimum atomic E-state index is -0.369.